The SMILES string of the molecule is NS(=O)(=O)c1ccc(CCNS(=O)(=O)c2ccc(N3CCCN(CC(F)F)CC3)c(F)c2)cc1. The van der Waals surface area contributed by atoms with Gasteiger partial charge in [-0.2, -0.15) is 0 Å². The molecule has 3 rings (SSSR count). The number of sulfonamides is 2. The van der Waals surface area contributed by atoms with Crippen LogP contribution < -0.4 is 14.8 Å². The van der Waals surface area contributed by atoms with Crippen molar-refractivity contribution in [1.82, 2.24) is 9.62 Å². The Labute approximate surface area is 197 Å². The first-order valence-corrected chi connectivity index (χ1v) is 13.6. The first-order chi connectivity index (χ1) is 16.0. The Morgan fingerprint density at radius 3 is 2.24 bits per heavy atom. The Balaban J connectivity index is 1.60. The van der Waals surface area contributed by atoms with Crippen LogP contribution in [0.3, 0.4) is 0 Å². The lowest BCUT2D eigenvalue weighted by atomic mass is 10.2. The van der Waals surface area contributed by atoms with Gasteiger partial charge in [-0.15, -0.1) is 0 Å². The van der Waals surface area contributed by atoms with Gasteiger partial charge in [-0.25, -0.2) is 39.9 Å². The molecule has 0 aliphatic carbocycles. The van der Waals surface area contributed by atoms with Crippen molar-refractivity contribution in [2.24, 2.45) is 5.14 Å². The molecule has 0 unspecified atom stereocenters. The molecule has 2 aromatic carbocycles. The minimum absolute atomic E-state index is 0.0204. The number of alkyl halides is 2. The minimum Gasteiger partial charge on any atom is -0.368 e. The van der Waals surface area contributed by atoms with Gasteiger partial charge in [-0.1, -0.05) is 12.1 Å². The Bertz CT molecular complexity index is 1190. The van der Waals surface area contributed by atoms with E-state index >= 15 is 0 Å². The lowest BCUT2D eigenvalue weighted by Crippen LogP contribution is -2.34. The molecule has 1 fully saturated rings. The Morgan fingerprint density at radius 1 is 0.941 bits per heavy atom. The minimum atomic E-state index is -3.98. The fourth-order valence-corrected chi connectivity index (χ4v) is 5.32. The molecule has 2 aromatic rings. The van der Waals surface area contributed by atoms with Crippen LogP contribution in [0.15, 0.2) is 52.3 Å². The molecule has 1 saturated heterocycles. The first-order valence-electron chi connectivity index (χ1n) is 10.6. The summed E-state index contributed by atoms with van der Waals surface area (Å²) >= 11 is 0. The van der Waals surface area contributed by atoms with Crippen molar-refractivity contribution in [3.63, 3.8) is 0 Å². The number of halogens is 3. The molecule has 3 N–H and O–H groups in total. The largest absolute Gasteiger partial charge is 0.368 e. The van der Waals surface area contributed by atoms with Crippen LogP contribution in [0.1, 0.15) is 12.0 Å². The molecule has 0 bridgehead atoms. The van der Waals surface area contributed by atoms with Gasteiger partial charge in [0.05, 0.1) is 22.0 Å². The van der Waals surface area contributed by atoms with Crippen molar-refractivity contribution in [1.29, 1.82) is 0 Å². The third kappa shape index (κ3) is 7.15. The summed E-state index contributed by atoms with van der Waals surface area (Å²) in [5.41, 5.74) is 0.923. The van der Waals surface area contributed by atoms with Crippen LogP contribution in [0.25, 0.3) is 0 Å². The Morgan fingerprint density at radius 2 is 1.62 bits per heavy atom. The molecule has 188 valence electrons. The molecule has 0 saturated carbocycles. The van der Waals surface area contributed by atoms with Crippen molar-refractivity contribution in [2.45, 2.75) is 29.1 Å². The van der Waals surface area contributed by atoms with Crippen molar-refractivity contribution >= 4 is 25.7 Å². The number of hydrogen-bond donors (Lipinski definition) is 2. The van der Waals surface area contributed by atoms with Crippen molar-refractivity contribution in [3.05, 3.63) is 53.8 Å². The molecule has 1 aliphatic heterocycles. The van der Waals surface area contributed by atoms with Gasteiger partial charge < -0.3 is 4.90 Å². The quantitative estimate of drug-likeness (QED) is 0.521. The van der Waals surface area contributed by atoms with Crippen LogP contribution in [-0.2, 0) is 26.5 Å². The molecule has 0 aromatic heterocycles. The maximum Gasteiger partial charge on any atom is 0.251 e. The van der Waals surface area contributed by atoms with Gasteiger partial charge in [0.15, 0.2) is 0 Å². The zero-order valence-corrected chi connectivity index (χ0v) is 20.0. The second-order valence-electron chi connectivity index (χ2n) is 7.98. The Hall–Kier alpha value is -2.19. The monoisotopic (exact) mass is 520 g/mol. The van der Waals surface area contributed by atoms with Crippen LogP contribution in [0.5, 0.6) is 0 Å². The van der Waals surface area contributed by atoms with Gasteiger partial charge in [0, 0.05) is 32.7 Å². The highest BCUT2D eigenvalue weighted by Crippen LogP contribution is 2.24. The summed E-state index contributed by atoms with van der Waals surface area (Å²) < 4.78 is 90.2. The molecular weight excluding hydrogens is 493 g/mol. The van der Waals surface area contributed by atoms with E-state index < -0.39 is 32.3 Å². The van der Waals surface area contributed by atoms with Gasteiger partial charge in [-0.05, 0) is 48.7 Å². The number of anilines is 1. The van der Waals surface area contributed by atoms with Crippen LogP contribution in [0, 0.1) is 5.82 Å². The second kappa shape index (κ2) is 11.0. The molecule has 34 heavy (non-hydrogen) atoms. The molecule has 0 amide bonds. The average Bonchev–Trinajstić information content (AvgIpc) is 2.98. The second-order valence-corrected chi connectivity index (χ2v) is 11.3. The average molecular weight is 521 g/mol. The highest BCUT2D eigenvalue weighted by molar-refractivity contribution is 7.89. The van der Waals surface area contributed by atoms with E-state index in [9.17, 15) is 30.0 Å². The van der Waals surface area contributed by atoms with E-state index in [1.165, 1.54) is 36.4 Å². The molecule has 0 spiro atoms. The van der Waals surface area contributed by atoms with E-state index in [1.807, 2.05) is 0 Å². The summed E-state index contributed by atoms with van der Waals surface area (Å²) in [6.07, 6.45) is -1.55. The number of nitrogens with zero attached hydrogens (tertiary/aromatic N) is 2. The van der Waals surface area contributed by atoms with Crippen molar-refractivity contribution in [2.75, 3.05) is 44.2 Å². The highest BCUT2D eigenvalue weighted by atomic mass is 32.2. The number of primary sulfonamides is 1. The van der Waals surface area contributed by atoms with Crippen LogP contribution in [0.4, 0.5) is 18.9 Å². The van der Waals surface area contributed by atoms with Gasteiger partial charge in [0.2, 0.25) is 20.0 Å². The van der Waals surface area contributed by atoms with Gasteiger partial charge in [0.25, 0.3) is 6.43 Å². The summed E-state index contributed by atoms with van der Waals surface area (Å²) in [4.78, 5) is 3.09. The number of nitrogens with two attached hydrogens (primary N) is 1. The summed E-state index contributed by atoms with van der Waals surface area (Å²) in [7, 11) is -7.79. The Kier molecular flexibility index (Phi) is 8.57. The van der Waals surface area contributed by atoms with Crippen LogP contribution in [0.2, 0.25) is 0 Å². The lowest BCUT2D eigenvalue weighted by Gasteiger charge is -2.24. The standard InChI is InChI=1S/C21H27F3N4O4S2/c22-19-14-18(6-7-20(19)28-11-1-10-27(12-13-28)15-21(23)24)34(31,32)26-9-8-16-2-4-17(5-3-16)33(25,29)30/h2-7,14,21,26H,1,8-13,15H2,(H2,25,29,30). The van der Waals surface area contributed by atoms with Gasteiger partial charge >= 0.3 is 0 Å². The van der Waals surface area contributed by atoms with Gasteiger partial charge in [-0.3, -0.25) is 4.90 Å². The van der Waals surface area contributed by atoms with Crippen molar-refractivity contribution in [3.8, 4) is 0 Å². The summed E-state index contributed by atoms with van der Waals surface area (Å²) in [6, 6.07) is 9.38. The molecule has 1 aliphatic rings. The van der Waals surface area contributed by atoms with E-state index in [4.69, 9.17) is 5.14 Å². The maximum absolute atomic E-state index is 14.8. The summed E-state index contributed by atoms with van der Waals surface area (Å²) in [5.74, 6) is -0.705. The molecule has 0 radical (unpaired) electrons. The molecule has 13 heteroatoms. The third-order valence-electron chi connectivity index (χ3n) is 5.51. The number of hydrogen-bond acceptors (Lipinski definition) is 6. The fraction of sp³-hybridized carbons (Fsp3) is 0.429. The number of rotatable bonds is 9. The van der Waals surface area contributed by atoms with Gasteiger partial charge in [0.1, 0.15) is 5.82 Å². The first kappa shape index (κ1) is 26.4. The van der Waals surface area contributed by atoms with Crippen LogP contribution in [-0.4, -0.2) is 67.4 Å². The predicted octanol–water partition coefficient (Wildman–Crippen LogP) is 1.77. The highest BCUT2D eigenvalue weighted by Gasteiger charge is 2.22. The van der Waals surface area contributed by atoms with E-state index in [1.54, 1.807) is 9.80 Å². The summed E-state index contributed by atoms with van der Waals surface area (Å²) in [6.45, 7) is 1.39. The van der Waals surface area contributed by atoms with E-state index in [0.29, 0.717) is 38.2 Å². The van der Waals surface area contributed by atoms with Crippen molar-refractivity contribution < 1.29 is 30.0 Å². The number of benzene rings is 2. The number of nitrogens with one attached hydrogen (secondary N) is 1. The molecule has 1 heterocycles. The van der Waals surface area contributed by atoms with E-state index in [0.717, 1.165) is 6.07 Å². The smallest absolute Gasteiger partial charge is 0.251 e. The topological polar surface area (TPSA) is 113 Å². The fourth-order valence-electron chi connectivity index (χ4n) is 3.76. The molecule has 0 atom stereocenters. The van der Waals surface area contributed by atoms with E-state index in [-0.39, 0.29) is 35.0 Å². The van der Waals surface area contributed by atoms with E-state index in [2.05, 4.69) is 4.72 Å². The third-order valence-corrected chi connectivity index (χ3v) is 7.90. The zero-order valence-electron chi connectivity index (χ0n) is 18.3. The zero-order chi connectivity index (χ0) is 24.9. The molecular formula is C21H27F3N4O4S2. The molecule has 8 nitrogen and oxygen atoms in total. The summed E-state index contributed by atoms with van der Waals surface area (Å²) in [5, 5.41) is 5.05. The van der Waals surface area contributed by atoms with Crippen LogP contribution >= 0.6 is 0 Å². The normalized spacial score (nSPS) is 16.1. The maximum atomic E-state index is 14.8. The lowest BCUT2D eigenvalue weighted by molar-refractivity contribution is 0.0917. The predicted molar refractivity (Wildman–Crippen MR) is 122 cm³/mol.